The molecule has 1 aliphatic heterocycles. The number of carboxylic acid groups (broad SMARTS) is 1. The number of ether oxygens (including phenoxy) is 5. The first-order valence-corrected chi connectivity index (χ1v) is 10.5. The van der Waals surface area contributed by atoms with Gasteiger partial charge in [0, 0.05) is 43.2 Å². The van der Waals surface area contributed by atoms with Crippen LogP contribution < -0.4 is 0 Å². The number of carbonyl (C=O) groups is 3. The molecule has 0 spiro atoms. The maximum Gasteiger partial charge on any atom is 0.407 e. The van der Waals surface area contributed by atoms with Gasteiger partial charge in [0.2, 0.25) is 0 Å². The average molecular weight is 473 g/mol. The van der Waals surface area contributed by atoms with E-state index < -0.39 is 17.9 Å². The molecule has 1 N–H and O–H groups in total. The summed E-state index contributed by atoms with van der Waals surface area (Å²) in [5.74, 6) is -0.888. The highest BCUT2D eigenvalue weighted by molar-refractivity contribution is 6.12. The molecule has 0 saturated heterocycles. The molecule has 14 heteroatoms. The molecule has 0 fully saturated rings. The Labute approximate surface area is 191 Å². The molecule has 3 amide bonds. The van der Waals surface area contributed by atoms with E-state index in [0.29, 0.717) is 66.0 Å². The van der Waals surface area contributed by atoms with Gasteiger partial charge in [-0.3, -0.25) is 14.5 Å². The molecule has 0 aromatic heterocycles. The minimum atomic E-state index is -1.15. The highest BCUT2D eigenvalue weighted by atomic mass is 16.6. The van der Waals surface area contributed by atoms with E-state index in [-0.39, 0.29) is 26.2 Å². The highest BCUT2D eigenvalue weighted by Crippen LogP contribution is 2.03. The molecule has 1 aliphatic rings. The molecule has 33 heavy (non-hydrogen) atoms. The van der Waals surface area contributed by atoms with Crippen LogP contribution >= 0.6 is 0 Å². The van der Waals surface area contributed by atoms with Crippen LogP contribution in [-0.2, 0) is 33.3 Å². The van der Waals surface area contributed by atoms with Crippen LogP contribution in [0.3, 0.4) is 0 Å². The lowest BCUT2D eigenvalue weighted by atomic mass is 10.4. The fourth-order valence-corrected chi connectivity index (χ4v) is 2.48. The van der Waals surface area contributed by atoms with E-state index in [1.807, 2.05) is 0 Å². The third-order valence-electron chi connectivity index (χ3n) is 4.16. The highest BCUT2D eigenvalue weighted by Gasteiger charge is 2.24. The third-order valence-corrected chi connectivity index (χ3v) is 4.16. The van der Waals surface area contributed by atoms with Gasteiger partial charge in [-0.2, -0.15) is 0 Å². The summed E-state index contributed by atoms with van der Waals surface area (Å²) in [5, 5.41) is 12.6. The predicted octanol–water partition coefficient (Wildman–Crippen LogP) is 0.285. The molecule has 0 unspecified atom stereocenters. The Balaban J connectivity index is 1.88. The maximum atomic E-state index is 11.5. The molecule has 0 atom stereocenters. The van der Waals surface area contributed by atoms with Gasteiger partial charge in [-0.15, -0.1) is 0 Å². The number of carbonyl (C=O) groups excluding carboxylic acids is 2. The van der Waals surface area contributed by atoms with Crippen LogP contribution in [-0.4, -0.2) is 125 Å². The number of nitrogens with zero attached hydrogens (tertiary/aromatic N) is 5. The first-order valence-electron chi connectivity index (χ1n) is 10.5. The number of amides is 3. The summed E-state index contributed by atoms with van der Waals surface area (Å²) >= 11 is 0. The third kappa shape index (κ3) is 14.1. The SMILES string of the molecule is [N-]=[N+]=NCCOCCOCCOCCOCCOCCN(CCN1C(=O)C=CC1=O)C(=O)O. The van der Waals surface area contributed by atoms with Crippen molar-refractivity contribution in [3.8, 4) is 0 Å². The summed E-state index contributed by atoms with van der Waals surface area (Å²) in [6, 6.07) is 0. The zero-order valence-electron chi connectivity index (χ0n) is 18.5. The van der Waals surface area contributed by atoms with Crippen LogP contribution in [0.1, 0.15) is 0 Å². The van der Waals surface area contributed by atoms with Gasteiger partial charge in [0.1, 0.15) is 0 Å². The van der Waals surface area contributed by atoms with E-state index in [9.17, 15) is 19.5 Å². The molecular formula is C19H31N5O9. The van der Waals surface area contributed by atoms with Gasteiger partial charge in [0.25, 0.3) is 11.8 Å². The van der Waals surface area contributed by atoms with E-state index in [1.165, 1.54) is 0 Å². The lowest BCUT2D eigenvalue weighted by Crippen LogP contribution is -2.41. The van der Waals surface area contributed by atoms with Gasteiger partial charge >= 0.3 is 6.09 Å². The molecule has 0 saturated carbocycles. The predicted molar refractivity (Wildman–Crippen MR) is 114 cm³/mol. The Hall–Kier alpha value is -2.74. The fraction of sp³-hybridized carbons (Fsp3) is 0.737. The Morgan fingerprint density at radius 1 is 0.848 bits per heavy atom. The van der Waals surface area contributed by atoms with E-state index >= 15 is 0 Å². The molecule has 1 heterocycles. The molecule has 0 radical (unpaired) electrons. The van der Waals surface area contributed by atoms with Crippen LogP contribution in [0.25, 0.3) is 10.4 Å². The number of rotatable bonds is 21. The quantitative estimate of drug-likeness (QED) is 0.0807. The summed E-state index contributed by atoms with van der Waals surface area (Å²) in [7, 11) is 0. The number of azide groups is 1. The molecule has 0 bridgehead atoms. The first-order chi connectivity index (χ1) is 16.1. The smallest absolute Gasteiger partial charge is 0.407 e. The van der Waals surface area contributed by atoms with Crippen molar-refractivity contribution in [3.05, 3.63) is 22.6 Å². The summed E-state index contributed by atoms with van der Waals surface area (Å²) in [6.45, 7) is 4.08. The number of imide groups is 1. The fourth-order valence-electron chi connectivity index (χ4n) is 2.48. The monoisotopic (exact) mass is 473 g/mol. The standard InChI is InChI=1S/C19H31N5O9/c20-22-21-3-7-29-9-11-31-13-15-33-16-14-32-12-10-30-8-6-23(19(27)28)4-5-24-17(25)1-2-18(24)26/h1-2H,3-16H2,(H,27,28). The molecule has 14 nitrogen and oxygen atoms in total. The molecule has 186 valence electrons. The summed E-state index contributed by atoms with van der Waals surface area (Å²) in [6.07, 6.45) is 1.16. The van der Waals surface area contributed by atoms with Gasteiger partial charge in [-0.05, 0) is 5.53 Å². The minimum Gasteiger partial charge on any atom is -0.465 e. The molecular weight excluding hydrogens is 442 g/mol. The van der Waals surface area contributed by atoms with Gasteiger partial charge in [-0.25, -0.2) is 4.79 Å². The number of hydrogen-bond acceptors (Lipinski definition) is 9. The van der Waals surface area contributed by atoms with Gasteiger partial charge in [0.15, 0.2) is 0 Å². The second-order valence-corrected chi connectivity index (χ2v) is 6.45. The van der Waals surface area contributed by atoms with Gasteiger partial charge in [-0.1, -0.05) is 5.11 Å². The van der Waals surface area contributed by atoms with Gasteiger partial charge in [0.05, 0.1) is 66.1 Å². The Bertz CT molecular complexity index is 652. The molecule has 0 aromatic carbocycles. The Kier molecular flexibility index (Phi) is 16.1. The second kappa shape index (κ2) is 18.8. The maximum absolute atomic E-state index is 11.5. The van der Waals surface area contributed by atoms with Crippen LogP contribution in [0.5, 0.6) is 0 Å². The van der Waals surface area contributed by atoms with Crippen molar-refractivity contribution in [2.45, 2.75) is 0 Å². The van der Waals surface area contributed by atoms with Crippen LogP contribution in [0, 0.1) is 0 Å². The molecule has 1 rings (SSSR count). The van der Waals surface area contributed by atoms with E-state index in [0.717, 1.165) is 22.0 Å². The van der Waals surface area contributed by atoms with Crippen LogP contribution in [0.15, 0.2) is 17.3 Å². The van der Waals surface area contributed by atoms with Crippen molar-refractivity contribution in [1.29, 1.82) is 0 Å². The zero-order chi connectivity index (χ0) is 24.2. The minimum absolute atomic E-state index is 0.00221. The van der Waals surface area contributed by atoms with Crippen molar-refractivity contribution >= 4 is 17.9 Å². The van der Waals surface area contributed by atoms with E-state index in [4.69, 9.17) is 29.2 Å². The lowest BCUT2D eigenvalue weighted by molar-refractivity contribution is -0.137. The van der Waals surface area contributed by atoms with E-state index in [2.05, 4.69) is 10.0 Å². The Morgan fingerprint density at radius 2 is 1.30 bits per heavy atom. The van der Waals surface area contributed by atoms with Crippen LogP contribution in [0.4, 0.5) is 4.79 Å². The number of hydrogen-bond donors (Lipinski definition) is 1. The van der Waals surface area contributed by atoms with Crippen molar-refractivity contribution in [1.82, 2.24) is 9.80 Å². The Morgan fingerprint density at radius 3 is 1.76 bits per heavy atom. The topological polar surface area (TPSA) is 173 Å². The molecule has 0 aromatic rings. The summed E-state index contributed by atoms with van der Waals surface area (Å²) < 4.78 is 26.5. The van der Waals surface area contributed by atoms with Crippen molar-refractivity contribution < 1.29 is 43.2 Å². The van der Waals surface area contributed by atoms with Crippen molar-refractivity contribution in [2.24, 2.45) is 5.11 Å². The summed E-state index contributed by atoms with van der Waals surface area (Å²) in [4.78, 5) is 38.9. The molecule has 0 aliphatic carbocycles. The van der Waals surface area contributed by atoms with Crippen LogP contribution in [0.2, 0.25) is 0 Å². The van der Waals surface area contributed by atoms with E-state index in [1.54, 1.807) is 0 Å². The van der Waals surface area contributed by atoms with Gasteiger partial charge < -0.3 is 33.7 Å². The largest absolute Gasteiger partial charge is 0.465 e. The zero-order valence-corrected chi connectivity index (χ0v) is 18.5. The normalized spacial score (nSPS) is 12.9. The average Bonchev–Trinajstić information content (AvgIpc) is 3.12. The lowest BCUT2D eigenvalue weighted by Gasteiger charge is -2.22. The second-order valence-electron chi connectivity index (χ2n) is 6.45. The van der Waals surface area contributed by atoms with Crippen molar-refractivity contribution in [2.75, 3.05) is 92.2 Å². The summed E-state index contributed by atoms with van der Waals surface area (Å²) in [5.41, 5.74) is 8.10. The first kappa shape index (κ1) is 28.3. The van der Waals surface area contributed by atoms with Crippen molar-refractivity contribution in [3.63, 3.8) is 0 Å².